The first-order valence-corrected chi connectivity index (χ1v) is 9.91. The van der Waals surface area contributed by atoms with Crippen molar-refractivity contribution in [3.8, 4) is 0 Å². The summed E-state index contributed by atoms with van der Waals surface area (Å²) in [5.41, 5.74) is 7.97. The van der Waals surface area contributed by atoms with Gasteiger partial charge in [-0.05, 0) is 49.8 Å². The van der Waals surface area contributed by atoms with Crippen LogP contribution in [0, 0.1) is 18.8 Å². The Balaban J connectivity index is 0.00000392. The van der Waals surface area contributed by atoms with Crippen LogP contribution in [0.1, 0.15) is 38.7 Å². The van der Waals surface area contributed by atoms with Gasteiger partial charge in [-0.25, -0.2) is 4.79 Å². The molecule has 2 unspecified atom stereocenters. The molecular weight excluding hydrogens is 376 g/mol. The number of likely N-dealkylation sites (tertiary alicyclic amines) is 1. The summed E-state index contributed by atoms with van der Waals surface area (Å²) in [5.74, 6) is 0.380. The first kappa shape index (κ1) is 24.2. The minimum Gasteiger partial charge on any atom is -0.345 e. The van der Waals surface area contributed by atoms with Crippen molar-refractivity contribution in [1.82, 2.24) is 9.80 Å². The molecule has 0 saturated carbocycles. The van der Waals surface area contributed by atoms with Crippen molar-refractivity contribution < 1.29 is 9.59 Å². The van der Waals surface area contributed by atoms with Gasteiger partial charge in [-0.3, -0.25) is 4.79 Å². The zero-order valence-electron chi connectivity index (χ0n) is 17.5. The monoisotopic (exact) mass is 410 g/mol. The van der Waals surface area contributed by atoms with Crippen LogP contribution >= 0.6 is 12.4 Å². The summed E-state index contributed by atoms with van der Waals surface area (Å²) < 4.78 is 0. The maximum Gasteiger partial charge on any atom is 0.321 e. The second-order valence-electron chi connectivity index (χ2n) is 8.04. The molecule has 158 valence electrons. The average molecular weight is 411 g/mol. The molecule has 1 aromatic rings. The van der Waals surface area contributed by atoms with Crippen molar-refractivity contribution in [2.45, 2.75) is 46.1 Å². The van der Waals surface area contributed by atoms with Crippen LogP contribution in [-0.4, -0.2) is 54.5 Å². The van der Waals surface area contributed by atoms with Crippen LogP contribution in [-0.2, 0) is 4.79 Å². The number of aryl methyl sites for hydroxylation is 1. The molecule has 2 rings (SSSR count). The molecule has 0 spiro atoms. The van der Waals surface area contributed by atoms with Crippen molar-refractivity contribution in [3.63, 3.8) is 0 Å². The number of carbonyl (C=O) groups is 2. The Bertz CT molecular complexity index is 653. The summed E-state index contributed by atoms with van der Waals surface area (Å²) in [6.07, 6.45) is 2.47. The van der Waals surface area contributed by atoms with E-state index in [1.54, 1.807) is 9.80 Å². The lowest BCUT2D eigenvalue weighted by Crippen LogP contribution is -2.47. The summed E-state index contributed by atoms with van der Waals surface area (Å²) in [6, 6.07) is 7.70. The van der Waals surface area contributed by atoms with E-state index < -0.39 is 0 Å². The second-order valence-corrected chi connectivity index (χ2v) is 8.04. The molecule has 1 aliphatic heterocycles. The van der Waals surface area contributed by atoms with Crippen LogP contribution < -0.4 is 11.1 Å². The number of hydrogen-bond donors (Lipinski definition) is 2. The molecule has 1 heterocycles. The minimum absolute atomic E-state index is 0. The molecule has 28 heavy (non-hydrogen) atoms. The summed E-state index contributed by atoms with van der Waals surface area (Å²) in [4.78, 5) is 28.9. The molecule has 0 bridgehead atoms. The number of hydrogen-bond acceptors (Lipinski definition) is 3. The van der Waals surface area contributed by atoms with Gasteiger partial charge in [0.05, 0.1) is 5.92 Å². The lowest BCUT2D eigenvalue weighted by atomic mass is 9.96. The molecule has 1 saturated heterocycles. The molecule has 0 aliphatic carbocycles. The number of piperidine rings is 1. The Kier molecular flexibility index (Phi) is 9.76. The highest BCUT2D eigenvalue weighted by Crippen LogP contribution is 2.20. The molecule has 3 amide bonds. The van der Waals surface area contributed by atoms with Crippen LogP contribution in [0.5, 0.6) is 0 Å². The fourth-order valence-corrected chi connectivity index (χ4v) is 3.39. The van der Waals surface area contributed by atoms with E-state index in [1.165, 1.54) is 0 Å². The molecule has 0 aromatic heterocycles. The van der Waals surface area contributed by atoms with Crippen molar-refractivity contribution in [2.75, 3.05) is 32.0 Å². The first-order valence-electron chi connectivity index (χ1n) is 9.91. The van der Waals surface area contributed by atoms with E-state index in [2.05, 4.69) is 19.2 Å². The Hall–Kier alpha value is -1.79. The number of halogens is 1. The lowest BCUT2D eigenvalue weighted by Gasteiger charge is -2.34. The van der Waals surface area contributed by atoms with E-state index in [0.29, 0.717) is 25.6 Å². The maximum absolute atomic E-state index is 12.8. The molecule has 3 N–H and O–H groups in total. The largest absolute Gasteiger partial charge is 0.345 e. The number of rotatable bonds is 6. The summed E-state index contributed by atoms with van der Waals surface area (Å²) in [7, 11) is 1.83. The van der Waals surface area contributed by atoms with E-state index in [0.717, 1.165) is 30.5 Å². The third-order valence-electron chi connectivity index (χ3n) is 5.36. The SMILES string of the molecule is Cc1cccc(NC(=O)N2CCCC(C(=O)N(C)CCC(N)C(C)C)C2)c1.Cl. The highest BCUT2D eigenvalue weighted by Gasteiger charge is 2.30. The first-order chi connectivity index (χ1) is 12.8. The fraction of sp³-hybridized carbons (Fsp3) is 0.619. The average Bonchev–Trinajstić information content (AvgIpc) is 2.65. The number of urea groups is 1. The van der Waals surface area contributed by atoms with E-state index >= 15 is 0 Å². The maximum atomic E-state index is 12.8. The van der Waals surface area contributed by atoms with Gasteiger partial charge in [0.2, 0.25) is 5.91 Å². The number of nitrogens with zero attached hydrogens (tertiary/aromatic N) is 2. The predicted octanol–water partition coefficient (Wildman–Crippen LogP) is 3.49. The summed E-state index contributed by atoms with van der Waals surface area (Å²) in [6.45, 7) is 7.99. The second kappa shape index (κ2) is 11.3. The van der Waals surface area contributed by atoms with Crippen LogP contribution in [0.3, 0.4) is 0 Å². The van der Waals surface area contributed by atoms with Gasteiger partial charge in [0.15, 0.2) is 0 Å². The molecule has 7 heteroatoms. The Morgan fingerprint density at radius 3 is 2.71 bits per heavy atom. The van der Waals surface area contributed by atoms with Crippen LogP contribution in [0.4, 0.5) is 10.5 Å². The topological polar surface area (TPSA) is 78.7 Å². The Labute approximate surface area is 175 Å². The normalized spacial score (nSPS) is 17.6. The molecule has 0 radical (unpaired) electrons. The number of amides is 3. The number of carbonyl (C=O) groups excluding carboxylic acids is 2. The molecular formula is C21H35ClN4O2. The third kappa shape index (κ3) is 6.99. The number of anilines is 1. The molecule has 1 aromatic carbocycles. The van der Waals surface area contributed by atoms with Crippen LogP contribution in [0.2, 0.25) is 0 Å². The van der Waals surface area contributed by atoms with Gasteiger partial charge in [0.1, 0.15) is 0 Å². The van der Waals surface area contributed by atoms with E-state index in [1.807, 2.05) is 38.2 Å². The molecule has 1 fully saturated rings. The standard InChI is InChI=1S/C21H34N4O2.ClH/c1-15(2)19(22)10-12-24(4)20(26)17-8-6-11-25(14-17)21(27)23-18-9-5-7-16(3)13-18;/h5,7,9,13,15,17,19H,6,8,10-12,14,22H2,1-4H3,(H,23,27);1H. The molecule has 1 aliphatic rings. The Morgan fingerprint density at radius 2 is 2.07 bits per heavy atom. The molecule has 6 nitrogen and oxygen atoms in total. The van der Waals surface area contributed by atoms with Gasteiger partial charge >= 0.3 is 6.03 Å². The highest BCUT2D eigenvalue weighted by atomic mass is 35.5. The Morgan fingerprint density at radius 1 is 1.36 bits per heavy atom. The van der Waals surface area contributed by atoms with E-state index in [-0.39, 0.29) is 36.3 Å². The highest BCUT2D eigenvalue weighted by molar-refractivity contribution is 5.90. The van der Waals surface area contributed by atoms with Gasteiger partial charge < -0.3 is 20.9 Å². The van der Waals surface area contributed by atoms with Crippen molar-refractivity contribution in [3.05, 3.63) is 29.8 Å². The van der Waals surface area contributed by atoms with Gasteiger partial charge in [-0.2, -0.15) is 0 Å². The number of benzene rings is 1. The van der Waals surface area contributed by atoms with E-state index in [4.69, 9.17) is 5.73 Å². The smallest absolute Gasteiger partial charge is 0.321 e. The summed E-state index contributed by atoms with van der Waals surface area (Å²) >= 11 is 0. The third-order valence-corrected chi connectivity index (χ3v) is 5.36. The van der Waals surface area contributed by atoms with Crippen molar-refractivity contribution in [2.24, 2.45) is 17.6 Å². The summed E-state index contributed by atoms with van der Waals surface area (Å²) in [5, 5.41) is 2.94. The molecule has 2 atom stereocenters. The zero-order valence-corrected chi connectivity index (χ0v) is 18.3. The van der Waals surface area contributed by atoms with Crippen molar-refractivity contribution in [1.29, 1.82) is 0 Å². The fourth-order valence-electron chi connectivity index (χ4n) is 3.39. The quantitative estimate of drug-likeness (QED) is 0.753. The van der Waals surface area contributed by atoms with Gasteiger partial charge in [0, 0.05) is 38.4 Å². The minimum atomic E-state index is -0.137. The van der Waals surface area contributed by atoms with Gasteiger partial charge in [-0.15, -0.1) is 12.4 Å². The zero-order chi connectivity index (χ0) is 20.0. The van der Waals surface area contributed by atoms with Crippen molar-refractivity contribution >= 4 is 30.0 Å². The predicted molar refractivity (Wildman–Crippen MR) is 117 cm³/mol. The van der Waals surface area contributed by atoms with E-state index in [9.17, 15) is 9.59 Å². The van der Waals surface area contributed by atoms with Gasteiger partial charge in [0.25, 0.3) is 0 Å². The van der Waals surface area contributed by atoms with Gasteiger partial charge in [-0.1, -0.05) is 26.0 Å². The number of nitrogens with two attached hydrogens (primary N) is 1. The number of nitrogens with one attached hydrogen (secondary N) is 1. The van der Waals surface area contributed by atoms with Crippen LogP contribution in [0.15, 0.2) is 24.3 Å². The lowest BCUT2D eigenvalue weighted by molar-refractivity contribution is -0.135. The van der Waals surface area contributed by atoms with Crippen LogP contribution in [0.25, 0.3) is 0 Å².